The molecule has 0 amide bonds. The van der Waals surface area contributed by atoms with E-state index in [-0.39, 0.29) is 17.8 Å². The highest BCUT2D eigenvalue weighted by Gasteiger charge is 2.70. The van der Waals surface area contributed by atoms with Crippen molar-refractivity contribution in [2.75, 3.05) is 7.11 Å². The molecule has 0 bridgehead atoms. The summed E-state index contributed by atoms with van der Waals surface area (Å²) in [5.74, 6) is -1.31. The molecule has 1 aliphatic carbocycles. The number of methoxy groups -OCH3 is 1. The number of esters is 2. The summed E-state index contributed by atoms with van der Waals surface area (Å²) in [6.07, 6.45) is 5.77. The second kappa shape index (κ2) is 3.98. The van der Waals surface area contributed by atoms with Gasteiger partial charge in [0.1, 0.15) is 6.10 Å². The minimum absolute atomic E-state index is 0.231. The lowest BCUT2D eigenvalue weighted by Gasteiger charge is -2.32. The Morgan fingerprint density at radius 2 is 2.29 bits per heavy atom. The molecule has 0 unspecified atom stereocenters. The van der Waals surface area contributed by atoms with Crippen molar-refractivity contribution in [1.29, 1.82) is 0 Å². The van der Waals surface area contributed by atoms with E-state index in [1.165, 1.54) is 13.4 Å². The van der Waals surface area contributed by atoms with Crippen molar-refractivity contribution < 1.29 is 28.5 Å². The van der Waals surface area contributed by atoms with Crippen molar-refractivity contribution in [3.05, 3.63) is 35.6 Å². The monoisotopic (exact) mass is 290 g/mol. The third kappa shape index (κ3) is 1.35. The first-order valence-corrected chi connectivity index (χ1v) is 6.80. The van der Waals surface area contributed by atoms with Crippen LogP contribution in [0.3, 0.4) is 0 Å². The van der Waals surface area contributed by atoms with Crippen LogP contribution in [0.2, 0.25) is 0 Å². The smallest absolute Gasteiger partial charge is 0.337 e. The number of carbonyl (C=O) groups is 2. The quantitative estimate of drug-likeness (QED) is 0.405. The zero-order valence-corrected chi connectivity index (χ0v) is 11.6. The van der Waals surface area contributed by atoms with Gasteiger partial charge in [-0.25, -0.2) is 9.59 Å². The van der Waals surface area contributed by atoms with E-state index >= 15 is 0 Å². The van der Waals surface area contributed by atoms with Gasteiger partial charge >= 0.3 is 11.9 Å². The Labute approximate surface area is 121 Å². The Hall–Kier alpha value is -2.08. The topological polar surface area (TPSA) is 71.1 Å². The molecule has 3 aliphatic heterocycles. The molecular weight excluding hydrogens is 276 g/mol. The second-order valence-corrected chi connectivity index (χ2v) is 5.48. The van der Waals surface area contributed by atoms with Crippen LogP contribution >= 0.6 is 0 Å². The maximum absolute atomic E-state index is 12.0. The van der Waals surface area contributed by atoms with Crippen LogP contribution in [0.4, 0.5) is 0 Å². The third-order valence-electron chi connectivity index (χ3n) is 4.65. The van der Waals surface area contributed by atoms with Crippen LogP contribution in [0, 0.1) is 11.8 Å². The Morgan fingerprint density at radius 3 is 3.00 bits per heavy atom. The molecule has 0 saturated carbocycles. The van der Waals surface area contributed by atoms with Crippen molar-refractivity contribution in [3.8, 4) is 0 Å². The van der Waals surface area contributed by atoms with Gasteiger partial charge in [-0.1, -0.05) is 12.2 Å². The van der Waals surface area contributed by atoms with Crippen LogP contribution in [0.15, 0.2) is 35.6 Å². The van der Waals surface area contributed by atoms with Crippen molar-refractivity contribution in [2.45, 2.75) is 24.9 Å². The molecular formula is C15H14O6. The first-order valence-electron chi connectivity index (χ1n) is 6.80. The van der Waals surface area contributed by atoms with Crippen molar-refractivity contribution in [1.82, 2.24) is 0 Å². The summed E-state index contributed by atoms with van der Waals surface area (Å²) >= 11 is 0. The predicted molar refractivity (Wildman–Crippen MR) is 68.5 cm³/mol. The highest BCUT2D eigenvalue weighted by molar-refractivity contribution is 5.94. The first-order chi connectivity index (χ1) is 10.1. The van der Waals surface area contributed by atoms with Crippen LogP contribution in [-0.4, -0.2) is 37.0 Å². The number of rotatable bonds is 1. The maximum atomic E-state index is 12.0. The van der Waals surface area contributed by atoms with E-state index in [1.54, 1.807) is 13.0 Å². The average molecular weight is 290 g/mol. The van der Waals surface area contributed by atoms with Gasteiger partial charge < -0.3 is 18.9 Å². The van der Waals surface area contributed by atoms with E-state index in [0.717, 1.165) is 0 Å². The summed E-state index contributed by atoms with van der Waals surface area (Å²) < 4.78 is 21.8. The molecule has 0 radical (unpaired) electrons. The van der Waals surface area contributed by atoms with Gasteiger partial charge in [0.2, 0.25) is 6.29 Å². The number of hydrogen-bond donors (Lipinski definition) is 0. The summed E-state index contributed by atoms with van der Waals surface area (Å²) in [6.45, 7) is 1.77. The lowest BCUT2D eigenvalue weighted by atomic mass is 9.78. The largest absolute Gasteiger partial charge is 0.471 e. The van der Waals surface area contributed by atoms with Crippen LogP contribution < -0.4 is 0 Å². The molecule has 6 nitrogen and oxygen atoms in total. The molecule has 21 heavy (non-hydrogen) atoms. The molecule has 2 saturated heterocycles. The van der Waals surface area contributed by atoms with Gasteiger partial charge in [0.15, 0.2) is 5.60 Å². The van der Waals surface area contributed by atoms with Crippen molar-refractivity contribution in [2.24, 2.45) is 11.8 Å². The Balaban J connectivity index is 1.78. The van der Waals surface area contributed by atoms with E-state index in [0.29, 0.717) is 11.1 Å². The molecule has 0 aromatic heterocycles. The SMILES string of the molecule is CC=C1C(=O)O[C@@]23C=C[C@H]4C(C(=O)OC)=CO[C@@H](O[C@H]12)[C@H]43. The molecule has 6 heteroatoms. The maximum Gasteiger partial charge on any atom is 0.337 e. The van der Waals surface area contributed by atoms with Gasteiger partial charge in [0.25, 0.3) is 0 Å². The summed E-state index contributed by atoms with van der Waals surface area (Å²) in [5.41, 5.74) is 0.0425. The van der Waals surface area contributed by atoms with E-state index in [1.807, 2.05) is 12.2 Å². The molecule has 3 heterocycles. The molecule has 110 valence electrons. The van der Waals surface area contributed by atoms with Crippen molar-refractivity contribution in [3.63, 3.8) is 0 Å². The average Bonchev–Trinajstić information content (AvgIpc) is 3.08. The predicted octanol–water partition coefficient (Wildman–Crippen LogP) is 0.842. The van der Waals surface area contributed by atoms with E-state index in [2.05, 4.69) is 0 Å². The van der Waals surface area contributed by atoms with E-state index < -0.39 is 24.0 Å². The number of allylic oxidation sites excluding steroid dienone is 2. The Kier molecular flexibility index (Phi) is 2.39. The van der Waals surface area contributed by atoms with E-state index in [9.17, 15) is 9.59 Å². The van der Waals surface area contributed by atoms with Gasteiger partial charge in [-0.05, 0) is 13.0 Å². The number of hydrogen-bond acceptors (Lipinski definition) is 6. The standard InChI is InChI=1S/C15H14O6/c1-3-7-11-15(21-13(7)17)5-4-8-9(12(16)18-2)6-19-14(20-11)10(8)15/h3-6,8,10-11,14H,1-2H3/t8-,10-,11+,14-,15+/m0/s1. The molecule has 1 spiro atoms. The zero-order valence-electron chi connectivity index (χ0n) is 11.6. The fourth-order valence-electron chi connectivity index (χ4n) is 3.74. The van der Waals surface area contributed by atoms with Gasteiger partial charge in [-0.15, -0.1) is 0 Å². The second-order valence-electron chi connectivity index (χ2n) is 5.48. The fraction of sp³-hybridized carbons (Fsp3) is 0.467. The molecule has 2 fully saturated rings. The molecule has 5 atom stereocenters. The highest BCUT2D eigenvalue weighted by Crippen LogP contribution is 2.57. The normalized spacial score (nSPS) is 44.0. The lowest BCUT2D eigenvalue weighted by molar-refractivity contribution is -0.152. The first kappa shape index (κ1) is 12.6. The van der Waals surface area contributed by atoms with Gasteiger partial charge in [-0.2, -0.15) is 0 Å². The minimum atomic E-state index is -0.873. The van der Waals surface area contributed by atoms with Crippen LogP contribution in [0.5, 0.6) is 0 Å². The Bertz CT molecular complexity index is 630. The Morgan fingerprint density at radius 1 is 1.48 bits per heavy atom. The zero-order chi connectivity index (χ0) is 14.8. The van der Waals surface area contributed by atoms with Crippen LogP contribution in [0.1, 0.15) is 6.92 Å². The van der Waals surface area contributed by atoms with Gasteiger partial charge in [0, 0.05) is 5.92 Å². The number of ether oxygens (including phenoxy) is 4. The van der Waals surface area contributed by atoms with Crippen LogP contribution in [-0.2, 0) is 28.5 Å². The number of carbonyl (C=O) groups excluding carboxylic acids is 2. The van der Waals surface area contributed by atoms with E-state index in [4.69, 9.17) is 18.9 Å². The molecule has 0 N–H and O–H groups in total. The summed E-state index contributed by atoms with van der Waals surface area (Å²) in [5, 5.41) is 0. The van der Waals surface area contributed by atoms with Gasteiger partial charge in [0.05, 0.1) is 30.4 Å². The van der Waals surface area contributed by atoms with Crippen LogP contribution in [0.25, 0.3) is 0 Å². The fourth-order valence-corrected chi connectivity index (χ4v) is 3.74. The molecule has 0 aromatic carbocycles. The molecule has 4 aliphatic rings. The molecule has 0 aromatic rings. The minimum Gasteiger partial charge on any atom is -0.471 e. The van der Waals surface area contributed by atoms with Gasteiger partial charge in [-0.3, -0.25) is 0 Å². The summed E-state index contributed by atoms with van der Waals surface area (Å²) in [4.78, 5) is 23.8. The third-order valence-corrected chi connectivity index (χ3v) is 4.65. The lowest BCUT2D eigenvalue weighted by Crippen LogP contribution is -2.43. The molecule has 4 rings (SSSR count). The highest BCUT2D eigenvalue weighted by atomic mass is 16.7. The summed E-state index contributed by atoms with van der Waals surface area (Å²) in [6, 6.07) is 0. The van der Waals surface area contributed by atoms with Crippen molar-refractivity contribution >= 4 is 11.9 Å². The summed E-state index contributed by atoms with van der Waals surface area (Å²) in [7, 11) is 1.32.